The lowest BCUT2D eigenvalue weighted by molar-refractivity contribution is 0.228. The molecule has 1 saturated heterocycles. The molecular weight excluding hydrogens is 276 g/mol. The summed E-state index contributed by atoms with van der Waals surface area (Å²) in [4.78, 5) is 16.3. The highest BCUT2D eigenvalue weighted by atomic mass is 15.7. The molecular formula is C16H18N6. The summed E-state index contributed by atoms with van der Waals surface area (Å²) in [5, 5.41) is 4.52. The summed E-state index contributed by atoms with van der Waals surface area (Å²) in [6.45, 7) is 2.08. The second kappa shape index (κ2) is 5.73. The van der Waals surface area contributed by atoms with Gasteiger partial charge in [0.2, 0.25) is 5.95 Å². The van der Waals surface area contributed by atoms with Crippen molar-refractivity contribution in [3.8, 4) is 0 Å². The molecule has 0 atom stereocenters. The van der Waals surface area contributed by atoms with Crippen LogP contribution in [0.25, 0.3) is 11.2 Å². The van der Waals surface area contributed by atoms with E-state index in [-0.39, 0.29) is 0 Å². The van der Waals surface area contributed by atoms with Gasteiger partial charge in [-0.3, -0.25) is 0 Å². The number of aromatic nitrogens is 4. The van der Waals surface area contributed by atoms with Gasteiger partial charge in [-0.2, -0.15) is 0 Å². The highest BCUT2D eigenvalue weighted by molar-refractivity contribution is 5.73. The first kappa shape index (κ1) is 13.2. The van der Waals surface area contributed by atoms with Crippen LogP contribution in [-0.2, 0) is 0 Å². The first-order valence-corrected chi connectivity index (χ1v) is 7.67. The summed E-state index contributed by atoms with van der Waals surface area (Å²) in [6.07, 6.45) is 7.00. The van der Waals surface area contributed by atoms with E-state index in [2.05, 4.69) is 54.2 Å². The maximum atomic E-state index is 4.67. The standard InChI is InChI=1S/C16H18N6/c1-3-7-13(8-4-1)22(21-9-5-2-6-10-21)16-19-14-11-17-12-18-15(14)20-16/h1,3-4,7-8,11-12H,2,5-6,9-10H2,(H,17,18,19,20). The number of nitrogens with one attached hydrogen (secondary N) is 1. The van der Waals surface area contributed by atoms with Crippen molar-refractivity contribution in [3.05, 3.63) is 42.9 Å². The summed E-state index contributed by atoms with van der Waals surface area (Å²) in [5.74, 6) is 0.795. The lowest BCUT2D eigenvalue weighted by atomic mass is 10.1. The first-order valence-electron chi connectivity index (χ1n) is 7.67. The molecule has 1 fully saturated rings. The van der Waals surface area contributed by atoms with Crippen LogP contribution < -0.4 is 5.01 Å². The quantitative estimate of drug-likeness (QED) is 0.805. The second-order valence-electron chi connectivity index (χ2n) is 5.48. The Morgan fingerprint density at radius 2 is 1.86 bits per heavy atom. The maximum absolute atomic E-state index is 4.67. The van der Waals surface area contributed by atoms with Crippen molar-refractivity contribution in [1.29, 1.82) is 0 Å². The molecule has 0 unspecified atom stereocenters. The summed E-state index contributed by atoms with van der Waals surface area (Å²) in [7, 11) is 0. The molecule has 0 bridgehead atoms. The van der Waals surface area contributed by atoms with Gasteiger partial charge in [-0.1, -0.05) is 24.6 Å². The van der Waals surface area contributed by atoms with Gasteiger partial charge in [-0.15, -0.1) is 0 Å². The number of H-pyrrole nitrogens is 1. The average molecular weight is 294 g/mol. The van der Waals surface area contributed by atoms with Gasteiger partial charge in [-0.05, 0) is 25.0 Å². The fourth-order valence-corrected chi connectivity index (χ4v) is 2.91. The Bertz CT molecular complexity index is 714. The van der Waals surface area contributed by atoms with E-state index in [9.17, 15) is 0 Å². The van der Waals surface area contributed by atoms with Gasteiger partial charge in [0.25, 0.3) is 0 Å². The fourth-order valence-electron chi connectivity index (χ4n) is 2.91. The van der Waals surface area contributed by atoms with Gasteiger partial charge in [0.05, 0.1) is 11.9 Å². The molecule has 1 aliphatic heterocycles. The molecule has 0 aliphatic carbocycles. The zero-order chi connectivity index (χ0) is 14.8. The van der Waals surface area contributed by atoms with Gasteiger partial charge in [0, 0.05) is 13.1 Å². The lowest BCUT2D eigenvalue weighted by Crippen LogP contribution is -2.43. The first-order chi connectivity index (χ1) is 10.9. The average Bonchev–Trinajstić information content (AvgIpc) is 3.00. The molecule has 112 valence electrons. The summed E-state index contributed by atoms with van der Waals surface area (Å²) < 4.78 is 0. The van der Waals surface area contributed by atoms with Crippen molar-refractivity contribution in [2.75, 3.05) is 18.1 Å². The van der Waals surface area contributed by atoms with E-state index in [4.69, 9.17) is 0 Å². The van der Waals surface area contributed by atoms with Crippen molar-refractivity contribution >= 4 is 22.8 Å². The van der Waals surface area contributed by atoms with E-state index in [1.807, 2.05) is 6.07 Å². The van der Waals surface area contributed by atoms with Crippen LogP contribution in [0.3, 0.4) is 0 Å². The Labute approximate surface area is 128 Å². The van der Waals surface area contributed by atoms with E-state index in [1.165, 1.54) is 25.6 Å². The predicted octanol–water partition coefficient (Wildman–Crippen LogP) is 2.89. The highest BCUT2D eigenvalue weighted by Gasteiger charge is 2.23. The zero-order valence-electron chi connectivity index (χ0n) is 12.3. The Hall–Kier alpha value is -2.47. The number of rotatable bonds is 3. The minimum absolute atomic E-state index is 0.767. The summed E-state index contributed by atoms with van der Waals surface area (Å²) in [5.41, 5.74) is 2.66. The Morgan fingerprint density at radius 1 is 1.05 bits per heavy atom. The maximum Gasteiger partial charge on any atom is 0.224 e. The molecule has 3 heterocycles. The zero-order valence-corrected chi connectivity index (χ0v) is 12.3. The molecule has 6 heteroatoms. The van der Waals surface area contributed by atoms with E-state index >= 15 is 0 Å². The van der Waals surface area contributed by atoms with E-state index < -0.39 is 0 Å². The Balaban J connectivity index is 1.78. The number of piperidine rings is 1. The highest BCUT2D eigenvalue weighted by Crippen LogP contribution is 2.28. The van der Waals surface area contributed by atoms with Crippen LogP contribution in [0.2, 0.25) is 0 Å². The lowest BCUT2D eigenvalue weighted by Gasteiger charge is -2.37. The minimum atomic E-state index is 0.767. The number of para-hydroxylation sites is 1. The number of nitrogens with zero attached hydrogens (tertiary/aromatic N) is 5. The van der Waals surface area contributed by atoms with Crippen molar-refractivity contribution < 1.29 is 0 Å². The number of imidazole rings is 1. The molecule has 3 aromatic rings. The van der Waals surface area contributed by atoms with Crippen molar-refractivity contribution in [3.63, 3.8) is 0 Å². The van der Waals surface area contributed by atoms with Crippen LogP contribution in [0, 0.1) is 0 Å². The van der Waals surface area contributed by atoms with Crippen LogP contribution in [-0.4, -0.2) is 38.0 Å². The van der Waals surface area contributed by atoms with Gasteiger partial charge < -0.3 is 4.98 Å². The Morgan fingerprint density at radius 3 is 2.64 bits per heavy atom. The molecule has 0 saturated carbocycles. The van der Waals surface area contributed by atoms with Crippen molar-refractivity contribution in [1.82, 2.24) is 24.9 Å². The van der Waals surface area contributed by atoms with E-state index in [0.717, 1.165) is 35.9 Å². The van der Waals surface area contributed by atoms with Gasteiger partial charge in [0.1, 0.15) is 11.8 Å². The number of anilines is 2. The number of fused-ring (bicyclic) bond motifs is 1. The smallest absolute Gasteiger partial charge is 0.224 e. The molecule has 0 amide bonds. The van der Waals surface area contributed by atoms with Gasteiger partial charge in [0.15, 0.2) is 5.65 Å². The molecule has 0 radical (unpaired) electrons. The van der Waals surface area contributed by atoms with Crippen LogP contribution in [0.15, 0.2) is 42.9 Å². The molecule has 1 aliphatic rings. The normalized spacial score (nSPS) is 16.0. The number of hydrazine groups is 1. The molecule has 4 rings (SSSR count). The van der Waals surface area contributed by atoms with Crippen LogP contribution >= 0.6 is 0 Å². The molecule has 1 N–H and O–H groups in total. The van der Waals surface area contributed by atoms with Crippen molar-refractivity contribution in [2.24, 2.45) is 0 Å². The molecule has 0 spiro atoms. The van der Waals surface area contributed by atoms with Crippen LogP contribution in [0.4, 0.5) is 11.6 Å². The number of hydrogen-bond donors (Lipinski definition) is 1. The third kappa shape index (κ3) is 2.42. The SMILES string of the molecule is c1ccc(N(c2nc3cncnc3[nH]2)N2CCCCC2)cc1. The van der Waals surface area contributed by atoms with E-state index in [1.54, 1.807) is 6.20 Å². The minimum Gasteiger partial charge on any atom is -0.307 e. The topological polar surface area (TPSA) is 60.9 Å². The summed E-state index contributed by atoms with van der Waals surface area (Å²) >= 11 is 0. The van der Waals surface area contributed by atoms with Gasteiger partial charge >= 0.3 is 0 Å². The number of benzene rings is 1. The largest absolute Gasteiger partial charge is 0.307 e. The molecule has 2 aromatic heterocycles. The fraction of sp³-hybridized carbons (Fsp3) is 0.312. The monoisotopic (exact) mass is 294 g/mol. The summed E-state index contributed by atoms with van der Waals surface area (Å²) in [6, 6.07) is 10.3. The van der Waals surface area contributed by atoms with Crippen LogP contribution in [0.1, 0.15) is 19.3 Å². The van der Waals surface area contributed by atoms with Crippen LogP contribution in [0.5, 0.6) is 0 Å². The molecule has 1 aromatic carbocycles. The van der Waals surface area contributed by atoms with E-state index in [0.29, 0.717) is 0 Å². The van der Waals surface area contributed by atoms with Gasteiger partial charge in [-0.25, -0.2) is 25.0 Å². The predicted molar refractivity (Wildman–Crippen MR) is 85.7 cm³/mol. The molecule has 22 heavy (non-hydrogen) atoms. The number of aromatic amines is 1. The van der Waals surface area contributed by atoms with Crippen molar-refractivity contribution in [2.45, 2.75) is 19.3 Å². The molecule has 6 nitrogen and oxygen atoms in total. The number of hydrogen-bond acceptors (Lipinski definition) is 5. The third-order valence-corrected chi connectivity index (χ3v) is 3.97. The Kier molecular flexibility index (Phi) is 3.44. The second-order valence-corrected chi connectivity index (χ2v) is 5.48. The third-order valence-electron chi connectivity index (χ3n) is 3.97.